The van der Waals surface area contributed by atoms with Crippen molar-refractivity contribution in [1.29, 1.82) is 0 Å². The van der Waals surface area contributed by atoms with Crippen LogP contribution in [-0.4, -0.2) is 54.5 Å². The summed E-state index contributed by atoms with van der Waals surface area (Å²) in [6.45, 7) is 7.86. The SMILES string of the molecule is CCOC(=O)c1cc(C(=O)NCCCCN2CCC(C)CC2)cc([N+](=O)[O-])c1. The van der Waals surface area contributed by atoms with E-state index in [0.717, 1.165) is 44.5 Å². The van der Waals surface area contributed by atoms with E-state index in [4.69, 9.17) is 4.74 Å². The van der Waals surface area contributed by atoms with Crippen molar-refractivity contribution in [2.75, 3.05) is 32.8 Å². The van der Waals surface area contributed by atoms with Gasteiger partial charge in [0.2, 0.25) is 0 Å². The summed E-state index contributed by atoms with van der Waals surface area (Å²) in [7, 11) is 0. The number of unbranched alkanes of at least 4 members (excludes halogenated alkanes) is 1. The molecular weight excluding hydrogens is 362 g/mol. The van der Waals surface area contributed by atoms with E-state index < -0.39 is 16.8 Å². The van der Waals surface area contributed by atoms with Gasteiger partial charge in [-0.25, -0.2) is 4.79 Å². The molecule has 8 heteroatoms. The fourth-order valence-electron chi connectivity index (χ4n) is 3.23. The number of hydrogen-bond acceptors (Lipinski definition) is 6. The number of carbonyl (C=O) groups excluding carboxylic acids is 2. The van der Waals surface area contributed by atoms with Gasteiger partial charge in [0.25, 0.3) is 11.6 Å². The Morgan fingerprint density at radius 2 is 1.89 bits per heavy atom. The van der Waals surface area contributed by atoms with Gasteiger partial charge in [-0.2, -0.15) is 0 Å². The van der Waals surface area contributed by atoms with Crippen LogP contribution in [0.25, 0.3) is 0 Å². The quantitative estimate of drug-likeness (QED) is 0.300. The summed E-state index contributed by atoms with van der Waals surface area (Å²) in [6, 6.07) is 3.62. The van der Waals surface area contributed by atoms with Gasteiger partial charge in [-0.3, -0.25) is 14.9 Å². The van der Waals surface area contributed by atoms with Crippen LogP contribution in [0.15, 0.2) is 18.2 Å². The molecule has 0 bridgehead atoms. The van der Waals surface area contributed by atoms with E-state index in [1.165, 1.54) is 25.0 Å². The number of esters is 1. The van der Waals surface area contributed by atoms with Crippen LogP contribution < -0.4 is 5.32 Å². The molecule has 1 aliphatic rings. The fourth-order valence-corrected chi connectivity index (χ4v) is 3.23. The molecule has 1 aromatic carbocycles. The molecule has 0 spiro atoms. The van der Waals surface area contributed by atoms with Gasteiger partial charge in [-0.1, -0.05) is 6.92 Å². The minimum atomic E-state index is -0.684. The summed E-state index contributed by atoms with van der Waals surface area (Å²) < 4.78 is 4.88. The number of non-ortho nitro benzene ring substituents is 1. The van der Waals surface area contributed by atoms with Crippen molar-refractivity contribution in [3.63, 3.8) is 0 Å². The zero-order valence-electron chi connectivity index (χ0n) is 16.6. The molecule has 0 radical (unpaired) electrons. The zero-order chi connectivity index (χ0) is 20.5. The predicted octanol–water partition coefficient (Wildman–Crippen LogP) is 3.01. The van der Waals surface area contributed by atoms with Crippen molar-refractivity contribution >= 4 is 17.6 Å². The first kappa shape index (κ1) is 21.8. The molecule has 1 fully saturated rings. The lowest BCUT2D eigenvalue weighted by Gasteiger charge is -2.30. The second-order valence-electron chi connectivity index (χ2n) is 7.23. The molecule has 1 saturated heterocycles. The highest BCUT2D eigenvalue weighted by atomic mass is 16.6. The van der Waals surface area contributed by atoms with Crippen LogP contribution in [0.4, 0.5) is 5.69 Å². The fraction of sp³-hybridized carbons (Fsp3) is 0.600. The van der Waals surface area contributed by atoms with E-state index in [-0.39, 0.29) is 23.4 Å². The van der Waals surface area contributed by atoms with Crippen molar-refractivity contribution in [2.24, 2.45) is 5.92 Å². The van der Waals surface area contributed by atoms with Gasteiger partial charge in [0.15, 0.2) is 0 Å². The molecule has 1 heterocycles. The molecule has 1 amide bonds. The maximum atomic E-state index is 12.4. The van der Waals surface area contributed by atoms with Crippen molar-refractivity contribution < 1.29 is 19.2 Å². The molecule has 1 N–H and O–H groups in total. The summed E-state index contributed by atoms with van der Waals surface area (Å²) in [5.74, 6) is -0.304. The lowest BCUT2D eigenvalue weighted by Crippen LogP contribution is -2.34. The number of nitrogens with one attached hydrogen (secondary N) is 1. The van der Waals surface area contributed by atoms with Crippen LogP contribution in [0, 0.1) is 16.0 Å². The molecule has 0 aliphatic carbocycles. The summed E-state index contributed by atoms with van der Waals surface area (Å²) in [6.07, 6.45) is 4.30. The topological polar surface area (TPSA) is 102 Å². The van der Waals surface area contributed by atoms with Gasteiger partial charge >= 0.3 is 5.97 Å². The Morgan fingerprint density at radius 3 is 2.54 bits per heavy atom. The Hall–Kier alpha value is -2.48. The first-order valence-electron chi connectivity index (χ1n) is 9.88. The van der Waals surface area contributed by atoms with E-state index in [2.05, 4.69) is 17.1 Å². The van der Waals surface area contributed by atoms with Gasteiger partial charge < -0.3 is 15.0 Å². The number of amides is 1. The number of piperidine rings is 1. The van der Waals surface area contributed by atoms with Crippen LogP contribution in [0.1, 0.15) is 60.2 Å². The third kappa shape index (κ3) is 6.60. The molecule has 1 aliphatic heterocycles. The second kappa shape index (κ2) is 10.8. The highest BCUT2D eigenvalue weighted by Crippen LogP contribution is 2.19. The van der Waals surface area contributed by atoms with E-state index >= 15 is 0 Å². The van der Waals surface area contributed by atoms with Crippen molar-refractivity contribution in [2.45, 2.75) is 39.5 Å². The van der Waals surface area contributed by atoms with Crippen LogP contribution in [0.2, 0.25) is 0 Å². The molecule has 28 heavy (non-hydrogen) atoms. The molecule has 0 saturated carbocycles. The number of hydrogen-bond donors (Lipinski definition) is 1. The van der Waals surface area contributed by atoms with Crippen LogP contribution >= 0.6 is 0 Å². The number of nitro groups is 1. The summed E-state index contributed by atoms with van der Waals surface area (Å²) in [4.78, 5) is 37.2. The minimum Gasteiger partial charge on any atom is -0.462 e. The Kier molecular flexibility index (Phi) is 8.38. The first-order valence-corrected chi connectivity index (χ1v) is 9.88. The number of benzene rings is 1. The summed E-state index contributed by atoms with van der Waals surface area (Å²) >= 11 is 0. The highest BCUT2D eigenvalue weighted by molar-refractivity contribution is 5.98. The average molecular weight is 391 g/mol. The number of likely N-dealkylation sites (tertiary alicyclic amines) is 1. The zero-order valence-corrected chi connectivity index (χ0v) is 16.6. The molecule has 0 unspecified atom stereocenters. The number of nitro benzene ring substituents is 1. The van der Waals surface area contributed by atoms with E-state index in [0.29, 0.717) is 6.54 Å². The Balaban J connectivity index is 1.85. The molecule has 8 nitrogen and oxygen atoms in total. The minimum absolute atomic E-state index is 0.000488. The average Bonchev–Trinajstić information content (AvgIpc) is 2.68. The number of nitrogens with zero attached hydrogens (tertiary/aromatic N) is 2. The van der Waals surface area contributed by atoms with Gasteiger partial charge in [0.1, 0.15) is 0 Å². The maximum absolute atomic E-state index is 12.4. The first-order chi connectivity index (χ1) is 13.4. The molecule has 2 rings (SSSR count). The van der Waals surface area contributed by atoms with Crippen LogP contribution in [-0.2, 0) is 4.74 Å². The van der Waals surface area contributed by atoms with Crippen molar-refractivity contribution in [3.8, 4) is 0 Å². The normalized spacial score (nSPS) is 15.2. The standard InChI is InChI=1S/C20H29N3O5/c1-3-28-20(25)17-12-16(13-18(14-17)23(26)27)19(24)21-8-4-5-9-22-10-6-15(2)7-11-22/h12-15H,3-11H2,1-2H3,(H,21,24). The second-order valence-corrected chi connectivity index (χ2v) is 7.23. The van der Waals surface area contributed by atoms with Gasteiger partial charge in [0, 0.05) is 24.2 Å². The molecule has 154 valence electrons. The predicted molar refractivity (Wildman–Crippen MR) is 105 cm³/mol. The van der Waals surface area contributed by atoms with Gasteiger partial charge in [0.05, 0.1) is 17.1 Å². The smallest absolute Gasteiger partial charge is 0.338 e. The molecule has 1 aromatic rings. The lowest BCUT2D eigenvalue weighted by atomic mass is 9.99. The lowest BCUT2D eigenvalue weighted by molar-refractivity contribution is -0.384. The van der Waals surface area contributed by atoms with Crippen LogP contribution in [0.3, 0.4) is 0 Å². The Bertz CT molecular complexity index is 699. The molecular formula is C20H29N3O5. The Morgan fingerprint density at radius 1 is 1.21 bits per heavy atom. The van der Waals surface area contributed by atoms with E-state index in [1.54, 1.807) is 6.92 Å². The summed E-state index contributed by atoms with van der Waals surface area (Å²) in [5, 5.41) is 13.9. The highest BCUT2D eigenvalue weighted by Gasteiger charge is 2.19. The third-order valence-corrected chi connectivity index (χ3v) is 4.96. The van der Waals surface area contributed by atoms with Gasteiger partial charge in [-0.15, -0.1) is 0 Å². The monoisotopic (exact) mass is 391 g/mol. The maximum Gasteiger partial charge on any atom is 0.338 e. The molecule has 0 atom stereocenters. The van der Waals surface area contributed by atoms with E-state index in [9.17, 15) is 19.7 Å². The number of rotatable bonds is 9. The molecule has 0 aromatic heterocycles. The largest absolute Gasteiger partial charge is 0.462 e. The van der Waals surface area contributed by atoms with Crippen molar-refractivity contribution in [3.05, 3.63) is 39.4 Å². The van der Waals surface area contributed by atoms with E-state index in [1.807, 2.05) is 0 Å². The number of carbonyl (C=O) groups is 2. The third-order valence-electron chi connectivity index (χ3n) is 4.96. The Labute approximate surface area is 165 Å². The van der Waals surface area contributed by atoms with Gasteiger partial charge in [-0.05, 0) is 64.2 Å². The summed E-state index contributed by atoms with van der Waals surface area (Å²) in [5.41, 5.74) is -0.224. The number of ether oxygens (including phenoxy) is 1. The van der Waals surface area contributed by atoms with Crippen molar-refractivity contribution in [1.82, 2.24) is 10.2 Å². The van der Waals surface area contributed by atoms with Crippen LogP contribution in [0.5, 0.6) is 0 Å².